The van der Waals surface area contributed by atoms with Crippen LogP contribution in [0.15, 0.2) is 66.8 Å². The highest BCUT2D eigenvalue weighted by Crippen LogP contribution is 2.26. The minimum Gasteiger partial charge on any atom is -0.486 e. The number of carboxylic acid groups (broad SMARTS) is 2. The van der Waals surface area contributed by atoms with E-state index in [9.17, 15) is 9.59 Å². The zero-order valence-corrected chi connectivity index (χ0v) is 15.5. The van der Waals surface area contributed by atoms with Crippen LogP contribution in [-0.2, 0) is 9.59 Å². The number of ether oxygens (including phenoxy) is 1. The summed E-state index contributed by atoms with van der Waals surface area (Å²) in [5.74, 6) is -1.56. The molecule has 27 heavy (non-hydrogen) atoms. The Bertz CT molecular complexity index is 777. The van der Waals surface area contributed by atoms with E-state index in [0.717, 1.165) is 18.7 Å². The fourth-order valence-electron chi connectivity index (χ4n) is 2.30. The van der Waals surface area contributed by atoms with Crippen LogP contribution in [0.25, 0.3) is 10.8 Å². The molecule has 2 aromatic rings. The lowest BCUT2D eigenvalue weighted by molar-refractivity contribution is -0.134. The first-order valence-corrected chi connectivity index (χ1v) is 8.53. The van der Waals surface area contributed by atoms with Gasteiger partial charge in [-0.1, -0.05) is 42.5 Å². The Kier molecular flexibility index (Phi) is 9.96. The van der Waals surface area contributed by atoms with Crippen molar-refractivity contribution in [3.63, 3.8) is 0 Å². The van der Waals surface area contributed by atoms with Crippen LogP contribution in [0, 0.1) is 0 Å². The van der Waals surface area contributed by atoms with Crippen LogP contribution >= 0.6 is 0 Å². The van der Waals surface area contributed by atoms with E-state index in [2.05, 4.69) is 35.7 Å². The molecule has 6 heteroatoms. The SMILES string of the molecule is C/C=C/C(CCNC)Oc1cccc2ccccc12.O=C(O)/C=C/C(=O)O. The van der Waals surface area contributed by atoms with Crippen LogP contribution in [0.3, 0.4) is 0 Å². The number of allylic oxidation sites excluding steroid dienone is 1. The van der Waals surface area contributed by atoms with Crippen LogP contribution in [-0.4, -0.2) is 41.8 Å². The Labute approximate surface area is 158 Å². The van der Waals surface area contributed by atoms with Gasteiger partial charge in [0.25, 0.3) is 0 Å². The third kappa shape index (κ3) is 8.69. The third-order valence-electron chi connectivity index (χ3n) is 3.48. The van der Waals surface area contributed by atoms with Crippen molar-refractivity contribution < 1.29 is 24.5 Å². The standard InChI is InChI=1S/C17H21NO.C4H4O4/c1-3-7-15(12-13-18-2)19-17-11-6-9-14-8-4-5-10-16(14)17;5-3(6)1-2-4(7)8/h3-11,15,18H,12-13H2,1-2H3;1-2H,(H,5,6)(H,7,8)/b7-3+;2-1+. The molecule has 0 saturated heterocycles. The molecule has 0 saturated carbocycles. The number of nitrogens with one attached hydrogen (secondary N) is 1. The summed E-state index contributed by atoms with van der Waals surface area (Å²) in [6.07, 6.45) is 6.35. The fourth-order valence-corrected chi connectivity index (χ4v) is 2.30. The molecule has 0 spiro atoms. The smallest absolute Gasteiger partial charge is 0.328 e. The van der Waals surface area contributed by atoms with E-state index in [-0.39, 0.29) is 6.10 Å². The first-order chi connectivity index (χ1) is 13.0. The van der Waals surface area contributed by atoms with Gasteiger partial charge in [0.05, 0.1) is 0 Å². The summed E-state index contributed by atoms with van der Waals surface area (Å²) in [5.41, 5.74) is 0. The van der Waals surface area contributed by atoms with Crippen molar-refractivity contribution >= 4 is 22.7 Å². The van der Waals surface area contributed by atoms with Gasteiger partial charge in [0, 0.05) is 24.0 Å². The minimum absolute atomic E-state index is 0.114. The van der Waals surface area contributed by atoms with Gasteiger partial charge >= 0.3 is 11.9 Å². The zero-order valence-electron chi connectivity index (χ0n) is 15.5. The highest BCUT2D eigenvalue weighted by Gasteiger charge is 2.08. The van der Waals surface area contributed by atoms with Crippen LogP contribution in [0.1, 0.15) is 13.3 Å². The molecule has 3 N–H and O–H groups in total. The fraction of sp³-hybridized carbons (Fsp3) is 0.238. The monoisotopic (exact) mass is 371 g/mol. The largest absolute Gasteiger partial charge is 0.486 e. The van der Waals surface area contributed by atoms with Gasteiger partial charge in [0.1, 0.15) is 11.9 Å². The number of carbonyl (C=O) groups is 2. The maximum atomic E-state index is 9.55. The molecule has 0 amide bonds. The molecule has 0 radical (unpaired) electrons. The van der Waals surface area contributed by atoms with Gasteiger partial charge in [0.15, 0.2) is 0 Å². The van der Waals surface area contributed by atoms with Gasteiger partial charge in [-0.15, -0.1) is 0 Å². The maximum Gasteiger partial charge on any atom is 0.328 e. The summed E-state index contributed by atoms with van der Waals surface area (Å²) in [6, 6.07) is 14.5. The number of rotatable bonds is 8. The lowest BCUT2D eigenvalue weighted by atomic mass is 10.1. The highest BCUT2D eigenvalue weighted by molar-refractivity contribution is 5.89. The molecule has 2 rings (SSSR count). The normalized spacial score (nSPS) is 11.9. The molecular formula is C21H25NO5. The van der Waals surface area contributed by atoms with Crippen molar-refractivity contribution in [2.24, 2.45) is 0 Å². The number of benzene rings is 2. The molecule has 0 aliphatic heterocycles. The minimum atomic E-state index is -1.26. The number of fused-ring (bicyclic) bond motifs is 1. The molecule has 1 atom stereocenters. The quantitative estimate of drug-likeness (QED) is 0.486. The lowest BCUT2D eigenvalue weighted by Gasteiger charge is -2.17. The molecule has 0 heterocycles. The first kappa shape index (κ1) is 21.9. The molecule has 0 aromatic heterocycles. The highest BCUT2D eigenvalue weighted by atomic mass is 16.5. The molecule has 144 valence electrons. The Hall–Kier alpha value is -3.12. The van der Waals surface area contributed by atoms with E-state index < -0.39 is 11.9 Å². The second-order valence-corrected chi connectivity index (χ2v) is 5.56. The summed E-state index contributed by atoms with van der Waals surface area (Å²) >= 11 is 0. The van der Waals surface area contributed by atoms with Crippen LogP contribution in [0.4, 0.5) is 0 Å². The molecule has 6 nitrogen and oxygen atoms in total. The van der Waals surface area contributed by atoms with Crippen molar-refractivity contribution in [3.05, 3.63) is 66.8 Å². The summed E-state index contributed by atoms with van der Waals surface area (Å²) in [6.45, 7) is 2.97. The molecule has 2 aromatic carbocycles. The molecule has 1 unspecified atom stereocenters. The van der Waals surface area contributed by atoms with Gasteiger partial charge < -0.3 is 20.3 Å². The van der Waals surface area contributed by atoms with Crippen molar-refractivity contribution in [2.45, 2.75) is 19.4 Å². The van der Waals surface area contributed by atoms with Gasteiger partial charge in [-0.2, -0.15) is 0 Å². The summed E-state index contributed by atoms with van der Waals surface area (Å²) in [4.78, 5) is 19.1. The van der Waals surface area contributed by atoms with E-state index in [0.29, 0.717) is 12.2 Å². The van der Waals surface area contributed by atoms with Gasteiger partial charge in [-0.25, -0.2) is 9.59 Å². The van der Waals surface area contributed by atoms with Gasteiger partial charge in [-0.3, -0.25) is 0 Å². The molecule has 0 aliphatic rings. The first-order valence-electron chi connectivity index (χ1n) is 8.53. The average molecular weight is 371 g/mol. The van der Waals surface area contributed by atoms with Crippen LogP contribution in [0.2, 0.25) is 0 Å². The molecule has 0 aliphatic carbocycles. The number of carboxylic acids is 2. The predicted molar refractivity (Wildman–Crippen MR) is 106 cm³/mol. The van der Waals surface area contributed by atoms with Gasteiger partial charge in [-0.05, 0) is 38.0 Å². The zero-order chi connectivity index (χ0) is 20.1. The van der Waals surface area contributed by atoms with Crippen molar-refractivity contribution in [1.29, 1.82) is 0 Å². The summed E-state index contributed by atoms with van der Waals surface area (Å²) in [7, 11) is 1.96. The molecule has 0 bridgehead atoms. The van der Waals surface area contributed by atoms with Crippen molar-refractivity contribution in [3.8, 4) is 5.75 Å². The maximum absolute atomic E-state index is 9.55. The average Bonchev–Trinajstić information content (AvgIpc) is 2.65. The van der Waals surface area contributed by atoms with Crippen LogP contribution in [0.5, 0.6) is 5.75 Å². The van der Waals surface area contributed by atoms with E-state index in [1.807, 2.05) is 38.2 Å². The number of hydrogen-bond acceptors (Lipinski definition) is 4. The van der Waals surface area contributed by atoms with Crippen LogP contribution < -0.4 is 10.1 Å². The summed E-state index contributed by atoms with van der Waals surface area (Å²) < 4.78 is 6.14. The predicted octanol–water partition coefficient (Wildman–Crippen LogP) is 3.48. The second kappa shape index (κ2) is 12.3. The lowest BCUT2D eigenvalue weighted by Crippen LogP contribution is -2.20. The summed E-state index contributed by atoms with van der Waals surface area (Å²) in [5, 5.41) is 21.2. The van der Waals surface area contributed by atoms with E-state index in [1.165, 1.54) is 10.8 Å². The van der Waals surface area contributed by atoms with E-state index in [4.69, 9.17) is 14.9 Å². The Morgan fingerprint density at radius 2 is 1.70 bits per heavy atom. The Balaban J connectivity index is 0.000000387. The Morgan fingerprint density at radius 1 is 1.07 bits per heavy atom. The second-order valence-electron chi connectivity index (χ2n) is 5.56. The number of hydrogen-bond donors (Lipinski definition) is 3. The van der Waals surface area contributed by atoms with Crippen molar-refractivity contribution in [2.75, 3.05) is 13.6 Å². The molecule has 0 fully saturated rings. The van der Waals surface area contributed by atoms with Crippen molar-refractivity contribution in [1.82, 2.24) is 5.32 Å². The van der Waals surface area contributed by atoms with E-state index >= 15 is 0 Å². The molecular weight excluding hydrogens is 346 g/mol. The van der Waals surface area contributed by atoms with E-state index in [1.54, 1.807) is 0 Å². The number of aliphatic carboxylic acids is 2. The Morgan fingerprint density at radius 3 is 2.30 bits per heavy atom. The van der Waals surface area contributed by atoms with Gasteiger partial charge in [0.2, 0.25) is 0 Å². The topological polar surface area (TPSA) is 95.9 Å². The third-order valence-corrected chi connectivity index (χ3v) is 3.48.